The molecule has 2 aliphatic rings. The minimum absolute atomic E-state index is 0.212. The van der Waals surface area contributed by atoms with E-state index < -0.39 is 15.6 Å². The van der Waals surface area contributed by atoms with Crippen molar-refractivity contribution >= 4 is 10.0 Å². The summed E-state index contributed by atoms with van der Waals surface area (Å²) in [5, 5.41) is 10.7. The molecule has 0 aromatic heterocycles. The predicted molar refractivity (Wildman–Crippen MR) is 81.4 cm³/mol. The Bertz CT molecular complexity index is 632. The maximum Gasteiger partial charge on any atom is 0.211 e. The second-order valence-corrected chi connectivity index (χ2v) is 8.28. The summed E-state index contributed by atoms with van der Waals surface area (Å²) in [5.41, 5.74) is 1.77. The van der Waals surface area contributed by atoms with Crippen LogP contribution in [0.1, 0.15) is 17.5 Å². The van der Waals surface area contributed by atoms with E-state index in [1.807, 2.05) is 6.07 Å². The fourth-order valence-corrected chi connectivity index (χ4v) is 4.23. The van der Waals surface area contributed by atoms with Crippen LogP contribution in [-0.4, -0.2) is 60.8 Å². The van der Waals surface area contributed by atoms with Crippen molar-refractivity contribution < 1.29 is 13.5 Å². The van der Waals surface area contributed by atoms with Crippen LogP contribution in [0.5, 0.6) is 0 Å². The number of benzene rings is 1. The van der Waals surface area contributed by atoms with Crippen molar-refractivity contribution in [2.75, 3.05) is 32.4 Å². The molecule has 1 saturated heterocycles. The highest BCUT2D eigenvalue weighted by atomic mass is 32.2. The third-order valence-electron chi connectivity index (χ3n) is 4.49. The highest BCUT2D eigenvalue weighted by Gasteiger charge is 2.41. The van der Waals surface area contributed by atoms with Crippen LogP contribution in [-0.2, 0) is 23.0 Å². The maximum absolute atomic E-state index is 11.6. The Balaban J connectivity index is 1.66. The zero-order chi connectivity index (χ0) is 15.1. The molecule has 0 bridgehead atoms. The lowest BCUT2D eigenvalue weighted by molar-refractivity contribution is 0.0127. The third kappa shape index (κ3) is 3.29. The van der Waals surface area contributed by atoms with Gasteiger partial charge >= 0.3 is 0 Å². The van der Waals surface area contributed by atoms with Gasteiger partial charge in [-0.25, -0.2) is 8.42 Å². The normalized spacial score (nSPS) is 27.7. The van der Waals surface area contributed by atoms with E-state index in [0.29, 0.717) is 19.5 Å². The van der Waals surface area contributed by atoms with Gasteiger partial charge in [-0.1, -0.05) is 24.3 Å². The standard InChI is InChI=1S/C15H22N2O3S/c1-21(19,20)17-9-7-15(18,12-17)11-16-8-6-13-4-2-3-5-14(13)10-16/h2-5,18H,6-12H2,1H3/t15-/m0/s1. The number of rotatable bonds is 3. The molecule has 116 valence electrons. The Morgan fingerprint density at radius 3 is 2.62 bits per heavy atom. The van der Waals surface area contributed by atoms with E-state index in [-0.39, 0.29) is 6.54 Å². The van der Waals surface area contributed by atoms with Crippen molar-refractivity contribution in [2.45, 2.75) is 25.0 Å². The highest BCUT2D eigenvalue weighted by Crippen LogP contribution is 2.27. The molecule has 1 atom stereocenters. The van der Waals surface area contributed by atoms with Crippen molar-refractivity contribution in [2.24, 2.45) is 0 Å². The molecule has 1 N–H and O–H groups in total. The predicted octanol–water partition coefficient (Wildman–Crippen LogP) is 0.441. The van der Waals surface area contributed by atoms with Crippen molar-refractivity contribution in [3.8, 4) is 0 Å². The van der Waals surface area contributed by atoms with E-state index in [1.54, 1.807) is 0 Å². The molecule has 21 heavy (non-hydrogen) atoms. The molecule has 2 aliphatic heterocycles. The SMILES string of the molecule is CS(=O)(=O)N1CC[C@](O)(CN2CCc3ccccc3C2)C1. The van der Waals surface area contributed by atoms with Crippen LogP contribution in [0.3, 0.4) is 0 Å². The van der Waals surface area contributed by atoms with E-state index in [1.165, 1.54) is 21.7 Å². The number of sulfonamides is 1. The monoisotopic (exact) mass is 310 g/mol. The van der Waals surface area contributed by atoms with Gasteiger partial charge in [-0.2, -0.15) is 4.31 Å². The largest absolute Gasteiger partial charge is 0.387 e. The lowest BCUT2D eigenvalue weighted by Crippen LogP contribution is -2.47. The zero-order valence-electron chi connectivity index (χ0n) is 12.3. The lowest BCUT2D eigenvalue weighted by atomic mass is 9.97. The highest BCUT2D eigenvalue weighted by molar-refractivity contribution is 7.88. The van der Waals surface area contributed by atoms with Crippen molar-refractivity contribution in [1.29, 1.82) is 0 Å². The van der Waals surface area contributed by atoms with Crippen molar-refractivity contribution in [1.82, 2.24) is 9.21 Å². The third-order valence-corrected chi connectivity index (χ3v) is 5.74. The van der Waals surface area contributed by atoms with Crippen LogP contribution < -0.4 is 0 Å². The smallest absolute Gasteiger partial charge is 0.211 e. The summed E-state index contributed by atoms with van der Waals surface area (Å²) in [6.45, 7) is 2.91. The quantitative estimate of drug-likeness (QED) is 0.880. The summed E-state index contributed by atoms with van der Waals surface area (Å²) in [4.78, 5) is 2.23. The molecule has 0 spiro atoms. The molecular formula is C15H22N2O3S. The molecular weight excluding hydrogens is 288 g/mol. The van der Waals surface area contributed by atoms with Gasteiger partial charge in [0.15, 0.2) is 0 Å². The summed E-state index contributed by atoms with van der Waals surface area (Å²) in [7, 11) is -3.21. The lowest BCUT2D eigenvalue weighted by Gasteiger charge is -2.34. The molecule has 0 unspecified atom stereocenters. The number of hydrogen-bond donors (Lipinski definition) is 1. The van der Waals surface area contributed by atoms with E-state index in [4.69, 9.17) is 0 Å². The van der Waals surface area contributed by atoms with E-state index >= 15 is 0 Å². The molecule has 0 amide bonds. The Labute approximate surface area is 126 Å². The van der Waals surface area contributed by atoms with Gasteiger partial charge in [-0.05, 0) is 24.0 Å². The first-order valence-corrected chi connectivity index (χ1v) is 9.17. The summed E-state index contributed by atoms with van der Waals surface area (Å²) in [5.74, 6) is 0. The molecule has 5 nitrogen and oxygen atoms in total. The number of hydrogen-bond acceptors (Lipinski definition) is 4. The molecule has 2 heterocycles. The second-order valence-electron chi connectivity index (χ2n) is 6.30. The van der Waals surface area contributed by atoms with Crippen molar-refractivity contribution in [3.05, 3.63) is 35.4 Å². The van der Waals surface area contributed by atoms with Crippen molar-refractivity contribution in [3.63, 3.8) is 0 Å². The second kappa shape index (κ2) is 5.35. The van der Waals surface area contributed by atoms with Crippen LogP contribution in [0.4, 0.5) is 0 Å². The molecule has 1 aromatic rings. The van der Waals surface area contributed by atoms with Gasteiger partial charge in [0, 0.05) is 32.7 Å². The molecule has 0 saturated carbocycles. The van der Waals surface area contributed by atoms with Crippen LogP contribution in [0.15, 0.2) is 24.3 Å². The first-order valence-electron chi connectivity index (χ1n) is 7.32. The minimum Gasteiger partial charge on any atom is -0.387 e. The molecule has 1 aromatic carbocycles. The molecule has 3 rings (SSSR count). The molecule has 0 radical (unpaired) electrons. The average molecular weight is 310 g/mol. The number of nitrogens with zero attached hydrogens (tertiary/aromatic N) is 2. The van der Waals surface area contributed by atoms with E-state index in [2.05, 4.69) is 23.1 Å². The molecule has 1 fully saturated rings. The van der Waals surface area contributed by atoms with Crippen LogP contribution in [0.25, 0.3) is 0 Å². The van der Waals surface area contributed by atoms with Gasteiger partial charge in [0.25, 0.3) is 0 Å². The Morgan fingerprint density at radius 2 is 1.95 bits per heavy atom. The van der Waals surface area contributed by atoms with Gasteiger partial charge in [-0.3, -0.25) is 4.90 Å². The van der Waals surface area contributed by atoms with Gasteiger partial charge in [-0.15, -0.1) is 0 Å². The summed E-state index contributed by atoms with van der Waals surface area (Å²) in [6, 6.07) is 8.38. The first kappa shape index (κ1) is 15.0. The van der Waals surface area contributed by atoms with Gasteiger partial charge in [0.05, 0.1) is 11.9 Å². The summed E-state index contributed by atoms with van der Waals surface area (Å²) in [6.07, 6.45) is 2.70. The molecule has 6 heteroatoms. The topological polar surface area (TPSA) is 60.9 Å². The van der Waals surface area contributed by atoms with E-state index in [0.717, 1.165) is 19.5 Å². The van der Waals surface area contributed by atoms with Gasteiger partial charge in [0.2, 0.25) is 10.0 Å². The fraction of sp³-hybridized carbons (Fsp3) is 0.600. The van der Waals surface area contributed by atoms with Gasteiger partial charge < -0.3 is 5.11 Å². The van der Waals surface area contributed by atoms with Crippen LogP contribution in [0.2, 0.25) is 0 Å². The molecule has 0 aliphatic carbocycles. The van der Waals surface area contributed by atoms with Crippen LogP contribution in [0, 0.1) is 0 Å². The van der Waals surface area contributed by atoms with Crippen LogP contribution >= 0.6 is 0 Å². The Kier molecular flexibility index (Phi) is 3.81. The first-order chi connectivity index (χ1) is 9.86. The summed E-state index contributed by atoms with van der Waals surface area (Å²) < 4.78 is 24.5. The Hall–Kier alpha value is -0.950. The number of β-amino-alcohol motifs (C(OH)–C–C–N with tert-alkyl or cyclic N) is 1. The average Bonchev–Trinajstić information content (AvgIpc) is 2.81. The number of aliphatic hydroxyl groups is 1. The zero-order valence-corrected chi connectivity index (χ0v) is 13.1. The number of fused-ring (bicyclic) bond motifs is 1. The summed E-state index contributed by atoms with van der Waals surface area (Å²) >= 11 is 0. The fourth-order valence-electron chi connectivity index (χ4n) is 3.34. The maximum atomic E-state index is 11.6. The van der Waals surface area contributed by atoms with Gasteiger partial charge in [0.1, 0.15) is 0 Å². The van der Waals surface area contributed by atoms with E-state index in [9.17, 15) is 13.5 Å². The minimum atomic E-state index is -3.21. The Morgan fingerprint density at radius 1 is 1.24 bits per heavy atom.